The minimum Gasteiger partial charge on any atom is -0.494 e. The highest BCUT2D eigenvalue weighted by Crippen LogP contribution is 2.16. The molecule has 1 aliphatic heterocycles. The Bertz CT molecular complexity index is 416. The third-order valence-corrected chi connectivity index (χ3v) is 3.53. The fraction of sp³-hybridized carbons (Fsp3) is 0.533. The number of rotatable bonds is 5. The van der Waals surface area contributed by atoms with Crippen molar-refractivity contribution >= 4 is 23.0 Å². The van der Waals surface area contributed by atoms with Crippen molar-refractivity contribution in [3.8, 4) is 5.75 Å². The van der Waals surface area contributed by atoms with E-state index in [-0.39, 0.29) is 0 Å². The number of thiocarbonyl (C=S) groups is 1. The lowest BCUT2D eigenvalue weighted by atomic mass is 10.3. The van der Waals surface area contributed by atoms with Crippen molar-refractivity contribution < 1.29 is 9.47 Å². The molecule has 0 amide bonds. The van der Waals surface area contributed by atoms with Gasteiger partial charge in [-0.3, -0.25) is 0 Å². The molecule has 0 atom stereocenters. The molecule has 1 N–H and O–H groups in total. The summed E-state index contributed by atoms with van der Waals surface area (Å²) in [6.45, 7) is 6.12. The van der Waals surface area contributed by atoms with Crippen LogP contribution in [-0.2, 0) is 4.74 Å². The zero-order valence-corrected chi connectivity index (χ0v) is 12.7. The van der Waals surface area contributed by atoms with Gasteiger partial charge in [-0.1, -0.05) is 13.3 Å². The summed E-state index contributed by atoms with van der Waals surface area (Å²) in [5, 5.41) is 4.01. The Morgan fingerprint density at radius 2 is 2.00 bits per heavy atom. The molecule has 0 radical (unpaired) electrons. The first-order valence-electron chi connectivity index (χ1n) is 7.16. The molecular formula is C15H22N2O2S. The van der Waals surface area contributed by atoms with E-state index in [2.05, 4.69) is 17.1 Å². The van der Waals surface area contributed by atoms with Crippen LogP contribution in [0.3, 0.4) is 0 Å². The van der Waals surface area contributed by atoms with Crippen molar-refractivity contribution in [2.75, 3.05) is 38.2 Å². The number of unbranched alkanes of at least 4 members (excludes halogenated alkanes) is 1. The second-order valence-corrected chi connectivity index (χ2v) is 5.14. The predicted molar refractivity (Wildman–Crippen MR) is 85.5 cm³/mol. The van der Waals surface area contributed by atoms with Crippen LogP contribution < -0.4 is 10.1 Å². The van der Waals surface area contributed by atoms with Gasteiger partial charge in [-0.25, -0.2) is 0 Å². The third-order valence-electron chi connectivity index (χ3n) is 3.17. The Balaban J connectivity index is 1.81. The molecule has 0 aliphatic carbocycles. The number of benzene rings is 1. The Kier molecular flexibility index (Phi) is 6.08. The van der Waals surface area contributed by atoms with Gasteiger partial charge in [0, 0.05) is 18.8 Å². The molecule has 110 valence electrons. The fourth-order valence-corrected chi connectivity index (χ4v) is 2.24. The zero-order chi connectivity index (χ0) is 14.2. The van der Waals surface area contributed by atoms with E-state index in [0.717, 1.165) is 62.3 Å². The molecule has 5 heteroatoms. The first kappa shape index (κ1) is 15.1. The van der Waals surface area contributed by atoms with Crippen molar-refractivity contribution in [1.29, 1.82) is 0 Å². The van der Waals surface area contributed by atoms with E-state index in [4.69, 9.17) is 21.7 Å². The molecule has 0 spiro atoms. The largest absolute Gasteiger partial charge is 0.494 e. The second kappa shape index (κ2) is 8.07. The first-order chi connectivity index (χ1) is 9.79. The van der Waals surface area contributed by atoms with E-state index >= 15 is 0 Å². The summed E-state index contributed by atoms with van der Waals surface area (Å²) in [6, 6.07) is 7.93. The monoisotopic (exact) mass is 294 g/mol. The van der Waals surface area contributed by atoms with E-state index in [9.17, 15) is 0 Å². The minimum absolute atomic E-state index is 0.742. The topological polar surface area (TPSA) is 33.7 Å². The summed E-state index contributed by atoms with van der Waals surface area (Å²) in [5.74, 6) is 0.904. The van der Waals surface area contributed by atoms with Crippen LogP contribution >= 0.6 is 12.2 Å². The van der Waals surface area contributed by atoms with Gasteiger partial charge in [0.25, 0.3) is 0 Å². The molecular weight excluding hydrogens is 272 g/mol. The maximum atomic E-state index is 5.64. The van der Waals surface area contributed by atoms with Crippen molar-refractivity contribution in [2.24, 2.45) is 0 Å². The number of nitrogens with one attached hydrogen (secondary N) is 1. The van der Waals surface area contributed by atoms with Crippen LogP contribution in [0.15, 0.2) is 24.3 Å². The standard InChI is InChI=1S/C15H22N2O2S/c1-2-3-10-19-14-6-4-13(5-7-14)16-15(20)17-8-11-18-12-9-17/h4-7H,2-3,8-12H2,1H3,(H,16,20). The normalized spacial score (nSPS) is 14.9. The van der Waals surface area contributed by atoms with E-state index < -0.39 is 0 Å². The second-order valence-electron chi connectivity index (χ2n) is 4.76. The lowest BCUT2D eigenvalue weighted by molar-refractivity contribution is 0.0690. The Morgan fingerprint density at radius 3 is 2.65 bits per heavy atom. The maximum Gasteiger partial charge on any atom is 0.173 e. The number of ether oxygens (including phenoxy) is 2. The van der Waals surface area contributed by atoms with Crippen LogP contribution in [0.1, 0.15) is 19.8 Å². The Morgan fingerprint density at radius 1 is 1.30 bits per heavy atom. The van der Waals surface area contributed by atoms with Crippen molar-refractivity contribution in [1.82, 2.24) is 4.90 Å². The lowest BCUT2D eigenvalue weighted by Crippen LogP contribution is -2.42. The van der Waals surface area contributed by atoms with Crippen LogP contribution in [0.5, 0.6) is 5.75 Å². The van der Waals surface area contributed by atoms with Gasteiger partial charge >= 0.3 is 0 Å². The van der Waals surface area contributed by atoms with Gasteiger partial charge in [0.05, 0.1) is 19.8 Å². The highest BCUT2D eigenvalue weighted by molar-refractivity contribution is 7.80. The van der Waals surface area contributed by atoms with Gasteiger partial charge in [0.2, 0.25) is 0 Å². The summed E-state index contributed by atoms with van der Waals surface area (Å²) < 4.78 is 11.0. The molecule has 1 heterocycles. The SMILES string of the molecule is CCCCOc1ccc(NC(=S)N2CCOCC2)cc1. The summed E-state index contributed by atoms with van der Waals surface area (Å²) in [6.07, 6.45) is 2.23. The molecule has 0 unspecified atom stereocenters. The van der Waals surface area contributed by atoms with Crippen molar-refractivity contribution in [3.63, 3.8) is 0 Å². The van der Waals surface area contributed by atoms with Gasteiger partial charge in [0.1, 0.15) is 5.75 Å². The van der Waals surface area contributed by atoms with E-state index in [0.29, 0.717) is 0 Å². The summed E-state index contributed by atoms with van der Waals surface area (Å²) in [5.41, 5.74) is 0.990. The van der Waals surface area contributed by atoms with Crippen molar-refractivity contribution in [2.45, 2.75) is 19.8 Å². The number of hydrogen-bond donors (Lipinski definition) is 1. The molecule has 2 rings (SSSR count). The highest BCUT2D eigenvalue weighted by Gasteiger charge is 2.13. The fourth-order valence-electron chi connectivity index (χ4n) is 1.94. The molecule has 1 aromatic rings. The Labute approximate surface area is 126 Å². The van der Waals surface area contributed by atoms with Crippen LogP contribution in [-0.4, -0.2) is 42.9 Å². The number of hydrogen-bond acceptors (Lipinski definition) is 3. The van der Waals surface area contributed by atoms with E-state index in [1.807, 2.05) is 24.3 Å². The number of nitrogens with zero attached hydrogens (tertiary/aromatic N) is 1. The van der Waals surface area contributed by atoms with Gasteiger partial charge in [0.15, 0.2) is 5.11 Å². The van der Waals surface area contributed by atoms with Gasteiger partial charge in [-0.2, -0.15) is 0 Å². The summed E-state index contributed by atoms with van der Waals surface area (Å²) >= 11 is 5.40. The average Bonchev–Trinajstić information content (AvgIpc) is 2.50. The van der Waals surface area contributed by atoms with Gasteiger partial charge in [-0.05, 0) is 42.9 Å². The lowest BCUT2D eigenvalue weighted by Gasteiger charge is -2.29. The highest BCUT2D eigenvalue weighted by atomic mass is 32.1. The zero-order valence-electron chi connectivity index (χ0n) is 11.9. The molecule has 0 saturated carbocycles. The smallest absolute Gasteiger partial charge is 0.173 e. The third kappa shape index (κ3) is 4.65. The molecule has 1 saturated heterocycles. The van der Waals surface area contributed by atoms with E-state index in [1.54, 1.807) is 0 Å². The Hall–Kier alpha value is -1.33. The van der Waals surface area contributed by atoms with Gasteiger partial charge in [-0.15, -0.1) is 0 Å². The molecule has 0 aromatic heterocycles. The van der Waals surface area contributed by atoms with Crippen LogP contribution in [0.4, 0.5) is 5.69 Å². The van der Waals surface area contributed by atoms with Crippen LogP contribution in [0.25, 0.3) is 0 Å². The van der Waals surface area contributed by atoms with Crippen LogP contribution in [0, 0.1) is 0 Å². The summed E-state index contributed by atoms with van der Waals surface area (Å²) in [4.78, 5) is 2.13. The number of morpholine rings is 1. The molecule has 20 heavy (non-hydrogen) atoms. The quantitative estimate of drug-likeness (QED) is 0.667. The molecule has 1 aromatic carbocycles. The molecule has 0 bridgehead atoms. The predicted octanol–water partition coefficient (Wildman–Crippen LogP) is 2.89. The molecule has 1 aliphatic rings. The van der Waals surface area contributed by atoms with Gasteiger partial charge < -0.3 is 19.7 Å². The first-order valence-corrected chi connectivity index (χ1v) is 7.57. The van der Waals surface area contributed by atoms with Crippen molar-refractivity contribution in [3.05, 3.63) is 24.3 Å². The molecule has 1 fully saturated rings. The minimum atomic E-state index is 0.742. The van der Waals surface area contributed by atoms with E-state index in [1.165, 1.54) is 0 Å². The van der Waals surface area contributed by atoms with Crippen LogP contribution in [0.2, 0.25) is 0 Å². The average molecular weight is 294 g/mol. The molecule has 4 nitrogen and oxygen atoms in total. The summed E-state index contributed by atoms with van der Waals surface area (Å²) in [7, 11) is 0. The number of anilines is 1. The maximum absolute atomic E-state index is 5.64.